The van der Waals surface area contributed by atoms with Crippen molar-refractivity contribution in [3.05, 3.63) is 36.2 Å². The van der Waals surface area contributed by atoms with Crippen molar-refractivity contribution in [2.24, 2.45) is 0 Å². The first kappa shape index (κ1) is 16.7. The number of anilines is 1. The largest absolute Gasteiger partial charge is 0.461 e. The smallest absolute Gasteiger partial charge is 0.223 e. The molecule has 1 aliphatic heterocycles. The number of furan rings is 1. The first-order chi connectivity index (χ1) is 12.4. The molecule has 3 N–H and O–H groups in total. The van der Waals surface area contributed by atoms with Crippen molar-refractivity contribution in [1.82, 2.24) is 24.5 Å². The summed E-state index contributed by atoms with van der Waals surface area (Å²) in [5.41, 5.74) is 7.98. The Morgan fingerprint density at radius 1 is 1.35 bits per heavy atom. The fourth-order valence-corrected chi connectivity index (χ4v) is 3.22. The van der Waals surface area contributed by atoms with Gasteiger partial charge in [-0.3, -0.25) is 4.90 Å². The molecule has 0 amide bonds. The Labute approximate surface area is 151 Å². The third kappa shape index (κ3) is 3.33. The first-order valence-corrected chi connectivity index (χ1v) is 8.60. The molecule has 3 aromatic heterocycles. The molecule has 0 atom stereocenters. The molecule has 136 valence electrons. The highest BCUT2D eigenvalue weighted by Crippen LogP contribution is 2.25. The van der Waals surface area contributed by atoms with Crippen LogP contribution in [0.1, 0.15) is 26.0 Å². The first-order valence-electron chi connectivity index (χ1n) is 8.60. The lowest BCUT2D eigenvalue weighted by atomic mass is 10.0. The Hall–Kier alpha value is -2.71. The van der Waals surface area contributed by atoms with Crippen molar-refractivity contribution in [3.63, 3.8) is 0 Å². The summed E-state index contributed by atoms with van der Waals surface area (Å²) in [6.07, 6.45) is 4.56. The van der Waals surface area contributed by atoms with Crippen molar-refractivity contribution in [2.75, 3.05) is 25.4 Å². The predicted molar refractivity (Wildman–Crippen MR) is 98.2 cm³/mol. The van der Waals surface area contributed by atoms with Crippen LogP contribution < -0.4 is 5.73 Å². The molecule has 1 aliphatic rings. The second kappa shape index (κ2) is 6.22. The predicted octanol–water partition coefficient (Wildman–Crippen LogP) is 1.83. The van der Waals surface area contributed by atoms with Gasteiger partial charge in [0.2, 0.25) is 11.8 Å². The molecule has 0 aliphatic carbocycles. The van der Waals surface area contributed by atoms with Gasteiger partial charge in [-0.15, -0.1) is 5.10 Å². The van der Waals surface area contributed by atoms with Crippen LogP contribution in [-0.2, 0) is 0 Å². The van der Waals surface area contributed by atoms with Crippen LogP contribution in [-0.4, -0.2) is 54.8 Å². The van der Waals surface area contributed by atoms with E-state index >= 15 is 0 Å². The topological polar surface area (TPSA) is 106 Å². The number of nitrogen functional groups attached to an aromatic ring is 1. The maximum Gasteiger partial charge on any atom is 0.223 e. The second-order valence-corrected chi connectivity index (χ2v) is 7.21. The van der Waals surface area contributed by atoms with Gasteiger partial charge in [-0.1, -0.05) is 6.08 Å². The van der Waals surface area contributed by atoms with Gasteiger partial charge >= 0.3 is 0 Å². The van der Waals surface area contributed by atoms with Crippen molar-refractivity contribution in [1.29, 1.82) is 0 Å². The molecular formula is C18H22N6O2. The highest BCUT2D eigenvalue weighted by molar-refractivity contribution is 5.68. The van der Waals surface area contributed by atoms with Gasteiger partial charge in [-0.05, 0) is 38.0 Å². The van der Waals surface area contributed by atoms with Crippen LogP contribution in [0.3, 0.4) is 0 Å². The molecule has 0 fully saturated rings. The average molecular weight is 354 g/mol. The number of hydrogen-bond donors (Lipinski definition) is 2. The third-order valence-electron chi connectivity index (χ3n) is 4.32. The normalized spacial score (nSPS) is 16.2. The van der Waals surface area contributed by atoms with Crippen LogP contribution in [0.4, 0.5) is 5.95 Å². The van der Waals surface area contributed by atoms with E-state index in [1.54, 1.807) is 18.4 Å². The minimum absolute atomic E-state index is 0.294. The van der Waals surface area contributed by atoms with Gasteiger partial charge in [0.15, 0.2) is 11.4 Å². The Morgan fingerprint density at radius 2 is 2.19 bits per heavy atom. The van der Waals surface area contributed by atoms with Gasteiger partial charge in [0.25, 0.3) is 0 Å². The Kier molecular flexibility index (Phi) is 4.01. The van der Waals surface area contributed by atoms with Gasteiger partial charge in [0, 0.05) is 25.7 Å². The summed E-state index contributed by atoms with van der Waals surface area (Å²) in [6.45, 7) is 5.93. The average Bonchev–Trinajstić information content (AvgIpc) is 3.23. The van der Waals surface area contributed by atoms with E-state index in [0.29, 0.717) is 29.7 Å². The Balaban J connectivity index is 1.61. The van der Waals surface area contributed by atoms with Crippen molar-refractivity contribution in [2.45, 2.75) is 25.9 Å². The molecule has 26 heavy (non-hydrogen) atoms. The van der Waals surface area contributed by atoms with E-state index in [9.17, 15) is 5.11 Å². The van der Waals surface area contributed by atoms with E-state index in [-0.39, 0.29) is 0 Å². The summed E-state index contributed by atoms with van der Waals surface area (Å²) >= 11 is 0. The fourth-order valence-electron chi connectivity index (χ4n) is 3.22. The van der Waals surface area contributed by atoms with Gasteiger partial charge in [0.05, 0.1) is 17.6 Å². The van der Waals surface area contributed by atoms with Gasteiger partial charge in [-0.25, -0.2) is 9.97 Å². The number of aliphatic hydroxyl groups is 1. The van der Waals surface area contributed by atoms with Gasteiger partial charge in [-0.2, -0.15) is 4.52 Å². The summed E-state index contributed by atoms with van der Waals surface area (Å²) in [4.78, 5) is 11.2. The van der Waals surface area contributed by atoms with Crippen LogP contribution >= 0.6 is 0 Å². The highest BCUT2D eigenvalue weighted by Gasteiger charge is 2.21. The molecule has 0 radical (unpaired) electrons. The number of nitrogens with two attached hydrogens (primary N) is 1. The molecule has 0 aromatic carbocycles. The minimum Gasteiger partial charge on any atom is -0.461 e. The second-order valence-electron chi connectivity index (χ2n) is 7.21. The zero-order chi connectivity index (χ0) is 18.3. The lowest BCUT2D eigenvalue weighted by Crippen LogP contribution is -2.40. The van der Waals surface area contributed by atoms with E-state index in [1.165, 1.54) is 4.52 Å². The third-order valence-corrected chi connectivity index (χ3v) is 4.32. The highest BCUT2D eigenvalue weighted by atomic mass is 16.3. The van der Waals surface area contributed by atoms with Crippen LogP contribution in [0, 0.1) is 0 Å². The number of rotatable bonds is 4. The molecule has 4 heterocycles. The molecule has 0 saturated heterocycles. The lowest BCUT2D eigenvalue weighted by molar-refractivity contribution is 0.0397. The molecule has 0 spiro atoms. The van der Waals surface area contributed by atoms with E-state index in [4.69, 9.17) is 10.2 Å². The van der Waals surface area contributed by atoms with Gasteiger partial charge in [0.1, 0.15) is 0 Å². The number of β-amino-alcohol motifs (C(OH)–C–C–N with tert-alkyl or cyclic N) is 1. The van der Waals surface area contributed by atoms with E-state index in [0.717, 1.165) is 30.8 Å². The van der Waals surface area contributed by atoms with Crippen LogP contribution in [0.25, 0.3) is 22.8 Å². The zero-order valence-corrected chi connectivity index (χ0v) is 14.9. The zero-order valence-electron chi connectivity index (χ0n) is 14.9. The molecule has 3 aromatic rings. The summed E-state index contributed by atoms with van der Waals surface area (Å²) in [5, 5.41) is 14.3. The Bertz CT molecular complexity index is 952. The SMILES string of the molecule is CC(C)(O)CN1CC=C(c2cc3nc(-c4ccco4)nn3c(N)n2)CC1. The summed E-state index contributed by atoms with van der Waals surface area (Å²) in [7, 11) is 0. The van der Waals surface area contributed by atoms with Crippen molar-refractivity contribution in [3.8, 4) is 11.6 Å². The number of fused-ring (bicyclic) bond motifs is 1. The summed E-state index contributed by atoms with van der Waals surface area (Å²) in [6, 6.07) is 5.49. The molecule has 8 nitrogen and oxygen atoms in total. The minimum atomic E-state index is -0.698. The van der Waals surface area contributed by atoms with E-state index in [1.807, 2.05) is 19.9 Å². The molecule has 0 bridgehead atoms. The number of aromatic nitrogens is 4. The maximum absolute atomic E-state index is 9.97. The quantitative estimate of drug-likeness (QED) is 0.736. The molecule has 4 rings (SSSR count). The molecular weight excluding hydrogens is 332 g/mol. The number of nitrogens with zero attached hydrogens (tertiary/aromatic N) is 5. The lowest BCUT2D eigenvalue weighted by Gasteiger charge is -2.31. The van der Waals surface area contributed by atoms with E-state index < -0.39 is 5.60 Å². The van der Waals surface area contributed by atoms with Crippen LogP contribution in [0.15, 0.2) is 35.0 Å². The maximum atomic E-state index is 9.97. The van der Waals surface area contributed by atoms with Gasteiger partial charge < -0.3 is 15.3 Å². The van der Waals surface area contributed by atoms with Crippen molar-refractivity contribution < 1.29 is 9.52 Å². The molecule has 0 unspecified atom stereocenters. The summed E-state index contributed by atoms with van der Waals surface area (Å²) in [5.74, 6) is 1.37. The standard InChI is InChI=1S/C18H22N6O2/c1-18(2,25)11-23-7-5-12(6-8-23)13-10-15-21-16(14-4-3-9-26-14)22-24(15)17(19)20-13/h3-5,9-10,25H,6-8,11H2,1-2H3,(H2,19,20). The monoisotopic (exact) mass is 354 g/mol. The van der Waals surface area contributed by atoms with Crippen molar-refractivity contribution >= 4 is 17.2 Å². The molecule has 8 heteroatoms. The number of hydrogen-bond acceptors (Lipinski definition) is 7. The summed E-state index contributed by atoms with van der Waals surface area (Å²) < 4.78 is 6.87. The fraction of sp³-hybridized carbons (Fsp3) is 0.389. The van der Waals surface area contributed by atoms with E-state index in [2.05, 4.69) is 26.0 Å². The Morgan fingerprint density at radius 3 is 2.85 bits per heavy atom. The van der Waals surface area contributed by atoms with Crippen LogP contribution in [0.5, 0.6) is 0 Å². The molecule has 0 saturated carbocycles. The van der Waals surface area contributed by atoms with Crippen LogP contribution in [0.2, 0.25) is 0 Å².